The second-order valence-corrected chi connectivity index (χ2v) is 5.34. The van der Waals surface area contributed by atoms with Crippen LogP contribution in [0.3, 0.4) is 0 Å². The summed E-state index contributed by atoms with van der Waals surface area (Å²) in [6.07, 6.45) is 0. The van der Waals surface area contributed by atoms with E-state index in [-0.39, 0.29) is 5.91 Å². The Balaban J connectivity index is 2.31. The van der Waals surface area contributed by atoms with Crippen molar-refractivity contribution in [1.29, 1.82) is 0 Å². The van der Waals surface area contributed by atoms with Gasteiger partial charge in [-0.1, -0.05) is 36.4 Å². The summed E-state index contributed by atoms with van der Waals surface area (Å²) in [4.78, 5) is 12.3. The fourth-order valence-corrected chi connectivity index (χ4v) is 2.77. The van der Waals surface area contributed by atoms with Crippen molar-refractivity contribution in [2.24, 2.45) is 0 Å². The fourth-order valence-electron chi connectivity index (χ4n) is 2.77. The third kappa shape index (κ3) is 2.65. The maximum absolute atomic E-state index is 12.3. The molecule has 0 aliphatic rings. The molecule has 0 aliphatic carbocycles. The summed E-state index contributed by atoms with van der Waals surface area (Å²) < 4.78 is 7.40. The number of rotatable bonds is 4. The SMILES string of the molecule is CNC(=O)c1ccccc1-c1c(OC)c(C)nn1-c1ccccc1. The molecule has 3 aromatic rings. The highest BCUT2D eigenvalue weighted by atomic mass is 16.5. The highest BCUT2D eigenvalue weighted by Crippen LogP contribution is 2.36. The van der Waals surface area contributed by atoms with E-state index in [2.05, 4.69) is 10.4 Å². The van der Waals surface area contributed by atoms with E-state index in [1.54, 1.807) is 20.2 Å². The van der Waals surface area contributed by atoms with Gasteiger partial charge in [-0.2, -0.15) is 5.10 Å². The third-order valence-corrected chi connectivity index (χ3v) is 3.86. The second kappa shape index (κ2) is 6.58. The summed E-state index contributed by atoms with van der Waals surface area (Å²) in [7, 11) is 3.24. The monoisotopic (exact) mass is 321 g/mol. The lowest BCUT2D eigenvalue weighted by molar-refractivity contribution is 0.0963. The Morgan fingerprint density at radius 2 is 1.75 bits per heavy atom. The molecular formula is C19H19N3O2. The number of para-hydroxylation sites is 1. The topological polar surface area (TPSA) is 56.1 Å². The van der Waals surface area contributed by atoms with Crippen molar-refractivity contribution in [2.45, 2.75) is 6.92 Å². The van der Waals surface area contributed by atoms with Gasteiger partial charge in [-0.05, 0) is 25.1 Å². The number of benzene rings is 2. The number of carbonyl (C=O) groups is 1. The Kier molecular flexibility index (Phi) is 4.33. The first kappa shape index (κ1) is 15.8. The lowest BCUT2D eigenvalue weighted by atomic mass is 10.0. The van der Waals surface area contributed by atoms with Crippen LogP contribution in [-0.4, -0.2) is 29.8 Å². The predicted molar refractivity (Wildman–Crippen MR) is 93.7 cm³/mol. The quantitative estimate of drug-likeness (QED) is 0.803. The number of nitrogens with zero attached hydrogens (tertiary/aromatic N) is 2. The van der Waals surface area contributed by atoms with E-state index in [1.807, 2.05) is 60.1 Å². The molecule has 0 atom stereocenters. The summed E-state index contributed by atoms with van der Waals surface area (Å²) in [5.41, 5.74) is 3.79. The van der Waals surface area contributed by atoms with Gasteiger partial charge < -0.3 is 10.1 Å². The van der Waals surface area contributed by atoms with Crippen LogP contribution in [0.4, 0.5) is 0 Å². The number of amides is 1. The van der Waals surface area contributed by atoms with Crippen LogP contribution >= 0.6 is 0 Å². The van der Waals surface area contributed by atoms with E-state index in [9.17, 15) is 4.79 Å². The van der Waals surface area contributed by atoms with Gasteiger partial charge >= 0.3 is 0 Å². The number of hydrogen-bond donors (Lipinski definition) is 1. The van der Waals surface area contributed by atoms with Crippen molar-refractivity contribution < 1.29 is 9.53 Å². The van der Waals surface area contributed by atoms with Crippen LogP contribution in [-0.2, 0) is 0 Å². The molecule has 1 aromatic heterocycles. The van der Waals surface area contributed by atoms with E-state index in [1.165, 1.54) is 0 Å². The summed E-state index contributed by atoms with van der Waals surface area (Å²) in [5, 5.41) is 7.30. The lowest BCUT2D eigenvalue weighted by Gasteiger charge is -2.13. The number of aryl methyl sites for hydroxylation is 1. The van der Waals surface area contributed by atoms with E-state index < -0.39 is 0 Å². The summed E-state index contributed by atoms with van der Waals surface area (Å²) >= 11 is 0. The molecule has 1 amide bonds. The molecule has 5 heteroatoms. The Morgan fingerprint density at radius 1 is 1.08 bits per heavy atom. The highest BCUT2D eigenvalue weighted by molar-refractivity contribution is 6.01. The van der Waals surface area contributed by atoms with Crippen molar-refractivity contribution >= 4 is 5.91 Å². The van der Waals surface area contributed by atoms with Gasteiger partial charge in [0.25, 0.3) is 5.91 Å². The van der Waals surface area contributed by atoms with Crippen molar-refractivity contribution in [2.75, 3.05) is 14.2 Å². The van der Waals surface area contributed by atoms with Crippen LogP contribution in [0.25, 0.3) is 16.9 Å². The largest absolute Gasteiger partial charge is 0.492 e. The molecule has 0 saturated heterocycles. The van der Waals surface area contributed by atoms with Gasteiger partial charge in [-0.15, -0.1) is 0 Å². The van der Waals surface area contributed by atoms with E-state index in [0.29, 0.717) is 11.3 Å². The predicted octanol–water partition coefficient (Wildman–Crippen LogP) is 3.22. The Labute approximate surface area is 140 Å². The van der Waals surface area contributed by atoms with Gasteiger partial charge in [-0.3, -0.25) is 4.79 Å². The van der Waals surface area contributed by atoms with E-state index in [0.717, 1.165) is 22.6 Å². The van der Waals surface area contributed by atoms with Gasteiger partial charge in [0.15, 0.2) is 5.75 Å². The van der Waals surface area contributed by atoms with Crippen molar-refractivity contribution in [3.8, 4) is 22.7 Å². The zero-order valence-corrected chi connectivity index (χ0v) is 13.9. The number of carbonyl (C=O) groups excluding carboxylic acids is 1. The van der Waals surface area contributed by atoms with Crippen LogP contribution in [0, 0.1) is 6.92 Å². The highest BCUT2D eigenvalue weighted by Gasteiger charge is 2.22. The van der Waals surface area contributed by atoms with Gasteiger partial charge in [0.1, 0.15) is 11.4 Å². The minimum atomic E-state index is -0.147. The average molecular weight is 321 g/mol. The number of ether oxygens (including phenoxy) is 1. The molecule has 0 radical (unpaired) electrons. The molecule has 0 bridgehead atoms. The summed E-state index contributed by atoms with van der Waals surface area (Å²) in [6.45, 7) is 1.89. The Morgan fingerprint density at radius 3 is 2.42 bits per heavy atom. The maximum atomic E-state index is 12.3. The molecule has 0 fully saturated rings. The maximum Gasteiger partial charge on any atom is 0.251 e. The smallest absolute Gasteiger partial charge is 0.251 e. The zero-order valence-electron chi connectivity index (χ0n) is 13.9. The number of hydrogen-bond acceptors (Lipinski definition) is 3. The summed E-state index contributed by atoms with van der Waals surface area (Å²) in [6, 6.07) is 17.2. The summed E-state index contributed by atoms with van der Waals surface area (Å²) in [5.74, 6) is 0.515. The molecule has 0 saturated carbocycles. The van der Waals surface area contributed by atoms with Crippen LogP contribution in [0.15, 0.2) is 54.6 Å². The first-order valence-corrected chi connectivity index (χ1v) is 7.68. The van der Waals surface area contributed by atoms with Crippen LogP contribution in [0.2, 0.25) is 0 Å². The first-order valence-electron chi connectivity index (χ1n) is 7.68. The Bertz CT molecular complexity index is 870. The van der Waals surface area contributed by atoms with Gasteiger partial charge in [0.05, 0.1) is 12.8 Å². The van der Waals surface area contributed by atoms with Gasteiger partial charge in [-0.25, -0.2) is 4.68 Å². The molecule has 24 heavy (non-hydrogen) atoms. The number of methoxy groups -OCH3 is 1. The van der Waals surface area contributed by atoms with E-state index in [4.69, 9.17) is 4.74 Å². The lowest BCUT2D eigenvalue weighted by Crippen LogP contribution is -2.19. The van der Waals surface area contributed by atoms with Crippen molar-refractivity contribution in [3.05, 3.63) is 65.9 Å². The first-order chi connectivity index (χ1) is 11.7. The molecule has 3 rings (SSSR count). The molecule has 122 valence electrons. The zero-order chi connectivity index (χ0) is 17.1. The molecule has 1 N–H and O–H groups in total. The van der Waals surface area contributed by atoms with Gasteiger partial charge in [0, 0.05) is 18.2 Å². The normalized spacial score (nSPS) is 10.5. The van der Waals surface area contributed by atoms with Crippen LogP contribution in [0.5, 0.6) is 5.75 Å². The number of nitrogens with one attached hydrogen (secondary N) is 1. The molecule has 0 spiro atoms. The van der Waals surface area contributed by atoms with Crippen LogP contribution < -0.4 is 10.1 Å². The third-order valence-electron chi connectivity index (χ3n) is 3.86. The Hall–Kier alpha value is -3.08. The molecule has 0 aliphatic heterocycles. The van der Waals surface area contributed by atoms with Crippen molar-refractivity contribution in [3.63, 3.8) is 0 Å². The van der Waals surface area contributed by atoms with Crippen LogP contribution in [0.1, 0.15) is 16.1 Å². The molecule has 1 heterocycles. The minimum Gasteiger partial charge on any atom is -0.492 e. The fraction of sp³-hybridized carbons (Fsp3) is 0.158. The van der Waals surface area contributed by atoms with E-state index >= 15 is 0 Å². The van der Waals surface area contributed by atoms with Crippen molar-refractivity contribution in [1.82, 2.24) is 15.1 Å². The molecular weight excluding hydrogens is 302 g/mol. The van der Waals surface area contributed by atoms with Gasteiger partial charge in [0.2, 0.25) is 0 Å². The minimum absolute atomic E-state index is 0.147. The average Bonchev–Trinajstić information content (AvgIpc) is 2.98. The number of aromatic nitrogens is 2. The second-order valence-electron chi connectivity index (χ2n) is 5.34. The molecule has 2 aromatic carbocycles. The molecule has 0 unspecified atom stereocenters. The molecule has 5 nitrogen and oxygen atoms in total. The standard InChI is InChI=1S/C19H19N3O2/c1-13-18(24-3)17(22(21-13)14-9-5-4-6-10-14)15-11-7-8-12-16(15)19(23)20-2/h4-12H,1-3H3,(H,20,23).